The number of rotatable bonds is 5. The maximum absolute atomic E-state index is 11.0. The Morgan fingerprint density at radius 2 is 2.11 bits per heavy atom. The van der Waals surface area contributed by atoms with Crippen LogP contribution in [-0.4, -0.2) is 18.5 Å². The minimum atomic E-state index is -0.0174. The van der Waals surface area contributed by atoms with Crippen molar-refractivity contribution >= 4 is 11.6 Å². The van der Waals surface area contributed by atoms with Crippen molar-refractivity contribution in [3.8, 4) is 0 Å². The Bertz CT molecular complexity index is 397. The molecule has 0 unspecified atom stereocenters. The van der Waals surface area contributed by atoms with Crippen molar-refractivity contribution in [2.24, 2.45) is 0 Å². The van der Waals surface area contributed by atoms with Crippen LogP contribution in [0, 0.1) is 0 Å². The number of carbonyl (C=O) groups is 1. The molecule has 1 fully saturated rings. The van der Waals surface area contributed by atoms with E-state index in [4.69, 9.17) is 0 Å². The Hall–Kier alpha value is -1.35. The van der Waals surface area contributed by atoms with Gasteiger partial charge in [0.25, 0.3) is 0 Å². The maximum atomic E-state index is 11.0. The molecule has 0 heterocycles. The minimum absolute atomic E-state index is 0.0174. The third kappa shape index (κ3) is 4.15. The molecule has 1 amide bonds. The zero-order chi connectivity index (χ0) is 12.8. The van der Waals surface area contributed by atoms with Crippen molar-refractivity contribution in [2.45, 2.75) is 45.1 Å². The van der Waals surface area contributed by atoms with Gasteiger partial charge in [0.15, 0.2) is 0 Å². The molecule has 98 valence electrons. The lowest BCUT2D eigenvalue weighted by molar-refractivity contribution is -0.114. The maximum Gasteiger partial charge on any atom is 0.221 e. The molecule has 1 aromatic rings. The first-order chi connectivity index (χ1) is 8.74. The fourth-order valence-electron chi connectivity index (χ4n) is 2.56. The average molecular weight is 246 g/mol. The van der Waals surface area contributed by atoms with Gasteiger partial charge in [0.1, 0.15) is 0 Å². The fourth-order valence-corrected chi connectivity index (χ4v) is 2.56. The summed E-state index contributed by atoms with van der Waals surface area (Å²) >= 11 is 0. The summed E-state index contributed by atoms with van der Waals surface area (Å²) in [6.45, 7) is 2.56. The number of hydrogen-bond donors (Lipinski definition) is 2. The van der Waals surface area contributed by atoms with Crippen LogP contribution in [0.25, 0.3) is 0 Å². The molecule has 1 aliphatic carbocycles. The summed E-state index contributed by atoms with van der Waals surface area (Å²) in [4.78, 5) is 11.0. The average Bonchev–Trinajstić information content (AvgIpc) is 2.82. The Morgan fingerprint density at radius 3 is 2.83 bits per heavy atom. The van der Waals surface area contributed by atoms with E-state index in [2.05, 4.69) is 22.8 Å². The van der Waals surface area contributed by atoms with Crippen LogP contribution in [0.5, 0.6) is 0 Å². The fraction of sp³-hybridized carbons (Fsp3) is 0.533. The van der Waals surface area contributed by atoms with E-state index in [1.807, 2.05) is 12.1 Å². The molecule has 3 nitrogen and oxygen atoms in total. The number of nitrogens with one attached hydrogen (secondary N) is 2. The largest absolute Gasteiger partial charge is 0.326 e. The minimum Gasteiger partial charge on any atom is -0.326 e. The molecule has 1 aromatic carbocycles. The molecule has 1 saturated carbocycles. The van der Waals surface area contributed by atoms with Gasteiger partial charge in [0.05, 0.1) is 0 Å². The molecule has 0 spiro atoms. The van der Waals surface area contributed by atoms with Crippen molar-refractivity contribution in [1.29, 1.82) is 0 Å². The molecule has 0 radical (unpaired) electrons. The van der Waals surface area contributed by atoms with Crippen LogP contribution in [-0.2, 0) is 11.2 Å². The van der Waals surface area contributed by atoms with Gasteiger partial charge in [0, 0.05) is 18.7 Å². The monoisotopic (exact) mass is 246 g/mol. The van der Waals surface area contributed by atoms with Gasteiger partial charge < -0.3 is 10.6 Å². The Labute approximate surface area is 109 Å². The van der Waals surface area contributed by atoms with Crippen LogP contribution in [0.2, 0.25) is 0 Å². The highest BCUT2D eigenvalue weighted by atomic mass is 16.1. The lowest BCUT2D eigenvalue weighted by Crippen LogP contribution is -2.27. The molecule has 1 aliphatic rings. The summed E-state index contributed by atoms with van der Waals surface area (Å²) in [6.07, 6.45) is 6.41. The molecule has 0 atom stereocenters. The third-order valence-corrected chi connectivity index (χ3v) is 3.45. The van der Waals surface area contributed by atoms with Gasteiger partial charge in [-0.05, 0) is 43.5 Å². The van der Waals surface area contributed by atoms with Crippen LogP contribution in [0.4, 0.5) is 5.69 Å². The van der Waals surface area contributed by atoms with Crippen molar-refractivity contribution in [2.75, 3.05) is 11.9 Å². The molecule has 2 rings (SSSR count). The standard InChI is InChI=1S/C15H22N2O/c1-12(18)17-15-8-4-5-13(11-15)9-10-16-14-6-2-3-7-14/h4-5,8,11,14,16H,2-3,6-7,9-10H2,1H3,(H,17,18). The van der Waals surface area contributed by atoms with Crippen LogP contribution < -0.4 is 10.6 Å². The number of carbonyl (C=O) groups excluding carboxylic acids is 1. The van der Waals surface area contributed by atoms with E-state index < -0.39 is 0 Å². The van der Waals surface area contributed by atoms with Crippen molar-refractivity contribution in [1.82, 2.24) is 5.32 Å². The molecule has 3 heteroatoms. The van der Waals surface area contributed by atoms with E-state index in [1.54, 1.807) is 0 Å². The lowest BCUT2D eigenvalue weighted by Gasteiger charge is -2.12. The SMILES string of the molecule is CC(=O)Nc1cccc(CCNC2CCCC2)c1. The molecule has 2 N–H and O–H groups in total. The quantitative estimate of drug-likeness (QED) is 0.838. The molecule has 0 aliphatic heterocycles. The second-order valence-corrected chi connectivity index (χ2v) is 5.07. The van der Waals surface area contributed by atoms with E-state index in [9.17, 15) is 4.79 Å². The molecule has 0 bridgehead atoms. The van der Waals surface area contributed by atoms with Gasteiger partial charge in [-0.25, -0.2) is 0 Å². The van der Waals surface area contributed by atoms with Crippen LogP contribution in [0.1, 0.15) is 38.2 Å². The third-order valence-electron chi connectivity index (χ3n) is 3.45. The van der Waals surface area contributed by atoms with Crippen LogP contribution in [0.3, 0.4) is 0 Å². The van der Waals surface area contributed by atoms with Gasteiger partial charge in [-0.15, -0.1) is 0 Å². The molecular weight excluding hydrogens is 224 g/mol. The van der Waals surface area contributed by atoms with E-state index in [1.165, 1.54) is 38.2 Å². The van der Waals surface area contributed by atoms with Crippen LogP contribution in [0.15, 0.2) is 24.3 Å². The van der Waals surface area contributed by atoms with Gasteiger partial charge in [-0.3, -0.25) is 4.79 Å². The highest BCUT2D eigenvalue weighted by Crippen LogP contribution is 2.17. The van der Waals surface area contributed by atoms with Crippen LogP contribution >= 0.6 is 0 Å². The van der Waals surface area contributed by atoms with Gasteiger partial charge in [-0.2, -0.15) is 0 Å². The van der Waals surface area contributed by atoms with Gasteiger partial charge in [0.2, 0.25) is 5.91 Å². The zero-order valence-electron chi connectivity index (χ0n) is 11.0. The number of hydrogen-bond acceptors (Lipinski definition) is 2. The Kier molecular flexibility index (Phi) is 4.76. The first-order valence-electron chi connectivity index (χ1n) is 6.84. The summed E-state index contributed by atoms with van der Waals surface area (Å²) in [7, 11) is 0. The van der Waals surface area contributed by atoms with Crippen molar-refractivity contribution in [3.63, 3.8) is 0 Å². The summed E-state index contributed by atoms with van der Waals surface area (Å²) < 4.78 is 0. The number of anilines is 1. The smallest absolute Gasteiger partial charge is 0.221 e. The predicted octanol–water partition coefficient (Wildman–Crippen LogP) is 2.72. The molecule has 0 saturated heterocycles. The van der Waals surface area contributed by atoms with Crippen molar-refractivity contribution < 1.29 is 4.79 Å². The second kappa shape index (κ2) is 6.55. The Morgan fingerprint density at radius 1 is 1.33 bits per heavy atom. The highest BCUT2D eigenvalue weighted by molar-refractivity contribution is 5.88. The molecular formula is C15H22N2O. The number of benzene rings is 1. The highest BCUT2D eigenvalue weighted by Gasteiger charge is 2.13. The zero-order valence-corrected chi connectivity index (χ0v) is 11.0. The lowest BCUT2D eigenvalue weighted by atomic mass is 10.1. The first-order valence-corrected chi connectivity index (χ1v) is 6.84. The summed E-state index contributed by atoms with van der Waals surface area (Å²) in [5.74, 6) is -0.0174. The van der Waals surface area contributed by atoms with Gasteiger partial charge in [-0.1, -0.05) is 25.0 Å². The summed E-state index contributed by atoms with van der Waals surface area (Å²) in [5, 5.41) is 6.42. The summed E-state index contributed by atoms with van der Waals surface area (Å²) in [6, 6.07) is 8.81. The Balaban J connectivity index is 1.79. The molecule has 0 aromatic heterocycles. The van der Waals surface area contributed by atoms with E-state index in [0.717, 1.165) is 24.7 Å². The topological polar surface area (TPSA) is 41.1 Å². The summed E-state index contributed by atoms with van der Waals surface area (Å²) in [5.41, 5.74) is 2.16. The van der Waals surface area contributed by atoms with Gasteiger partial charge >= 0.3 is 0 Å². The second-order valence-electron chi connectivity index (χ2n) is 5.07. The number of amides is 1. The van der Waals surface area contributed by atoms with E-state index >= 15 is 0 Å². The molecule has 18 heavy (non-hydrogen) atoms. The van der Waals surface area contributed by atoms with E-state index in [0.29, 0.717) is 0 Å². The normalized spacial score (nSPS) is 15.8. The van der Waals surface area contributed by atoms with E-state index in [-0.39, 0.29) is 5.91 Å². The van der Waals surface area contributed by atoms with Crippen molar-refractivity contribution in [3.05, 3.63) is 29.8 Å². The first kappa shape index (κ1) is 13.1. The predicted molar refractivity (Wildman–Crippen MR) is 74.7 cm³/mol.